The van der Waals surface area contributed by atoms with Gasteiger partial charge in [0.25, 0.3) is 5.91 Å². The van der Waals surface area contributed by atoms with Crippen molar-refractivity contribution in [3.05, 3.63) is 94.5 Å². The molecule has 164 valence electrons. The van der Waals surface area contributed by atoms with E-state index in [0.29, 0.717) is 23.8 Å². The van der Waals surface area contributed by atoms with Crippen molar-refractivity contribution in [3.8, 4) is 5.75 Å². The van der Waals surface area contributed by atoms with Crippen molar-refractivity contribution in [2.75, 3.05) is 4.90 Å². The summed E-state index contributed by atoms with van der Waals surface area (Å²) >= 11 is 6.24. The number of hydrogen-bond acceptors (Lipinski definition) is 3. The lowest BCUT2D eigenvalue weighted by atomic mass is 9.94. The van der Waals surface area contributed by atoms with Crippen molar-refractivity contribution in [2.45, 2.75) is 32.0 Å². The average molecular weight is 450 g/mol. The third-order valence-corrected chi connectivity index (χ3v) is 5.79. The zero-order valence-corrected chi connectivity index (χ0v) is 18.4. The Morgan fingerprint density at radius 3 is 2.69 bits per heavy atom. The molecule has 0 saturated carbocycles. The van der Waals surface area contributed by atoms with Crippen LogP contribution in [-0.4, -0.2) is 18.0 Å². The number of fused-ring (bicyclic) bond motifs is 1. The summed E-state index contributed by atoms with van der Waals surface area (Å²) in [5.74, 6) is 0.475. The molecule has 3 N–H and O–H groups in total. The first-order chi connectivity index (χ1) is 15.4. The Morgan fingerprint density at radius 2 is 1.94 bits per heavy atom. The lowest BCUT2D eigenvalue weighted by Gasteiger charge is -2.38. The minimum absolute atomic E-state index is 0.235. The van der Waals surface area contributed by atoms with Crippen LogP contribution in [0.5, 0.6) is 5.75 Å². The molecule has 0 bridgehead atoms. The summed E-state index contributed by atoms with van der Waals surface area (Å²) < 4.78 is 5.96. The van der Waals surface area contributed by atoms with Crippen LogP contribution in [0.2, 0.25) is 5.02 Å². The van der Waals surface area contributed by atoms with E-state index in [0.717, 1.165) is 22.4 Å². The zero-order chi connectivity index (χ0) is 22.7. The van der Waals surface area contributed by atoms with E-state index < -0.39 is 12.1 Å². The van der Waals surface area contributed by atoms with Crippen molar-refractivity contribution in [1.82, 2.24) is 5.32 Å². The number of benzene rings is 3. The van der Waals surface area contributed by atoms with Crippen molar-refractivity contribution < 1.29 is 14.3 Å². The number of urea groups is 1. The first-order valence-corrected chi connectivity index (χ1v) is 10.7. The number of hydrogen-bond donors (Lipinski definition) is 2. The molecule has 0 spiro atoms. The Labute approximate surface area is 191 Å². The molecule has 1 heterocycles. The molecule has 3 aromatic rings. The zero-order valence-electron chi connectivity index (χ0n) is 17.6. The number of anilines is 1. The van der Waals surface area contributed by atoms with Gasteiger partial charge in [0.05, 0.1) is 6.04 Å². The van der Waals surface area contributed by atoms with Gasteiger partial charge < -0.3 is 20.7 Å². The van der Waals surface area contributed by atoms with Crippen LogP contribution in [0.1, 0.15) is 29.7 Å². The van der Waals surface area contributed by atoms with E-state index in [1.807, 2.05) is 67.6 Å². The number of carbonyl (C=O) groups excluding carboxylic acids is 2. The molecule has 32 heavy (non-hydrogen) atoms. The maximum atomic E-state index is 13.3. The Bertz CT molecular complexity index is 1140. The summed E-state index contributed by atoms with van der Waals surface area (Å²) in [6, 6.07) is 21.2. The summed E-state index contributed by atoms with van der Waals surface area (Å²) in [7, 11) is 0. The number of rotatable bonds is 6. The molecule has 4 rings (SSSR count). The van der Waals surface area contributed by atoms with E-state index in [1.165, 1.54) is 0 Å². The molecule has 0 aliphatic carbocycles. The van der Waals surface area contributed by atoms with Gasteiger partial charge in [0.1, 0.15) is 18.4 Å². The molecule has 0 unspecified atom stereocenters. The van der Waals surface area contributed by atoms with Gasteiger partial charge in [0.2, 0.25) is 0 Å². The molecular weight excluding hydrogens is 426 g/mol. The lowest BCUT2D eigenvalue weighted by molar-refractivity contribution is -0.121. The van der Waals surface area contributed by atoms with Crippen LogP contribution >= 0.6 is 11.6 Å². The minimum Gasteiger partial charge on any atom is -0.489 e. The van der Waals surface area contributed by atoms with Gasteiger partial charge in [-0.05, 0) is 47.9 Å². The Kier molecular flexibility index (Phi) is 6.32. The summed E-state index contributed by atoms with van der Waals surface area (Å²) in [4.78, 5) is 26.5. The fraction of sp³-hybridized carbons (Fsp3) is 0.200. The standard InChI is InChI=1S/C25H24ClN3O3/c1-16(18-8-5-9-21(12-18)32-15-17-6-3-2-4-7-17)29-23-14-20(26)11-10-19(23)13-22(24(29)30)28-25(27)31/h2-12,14,16,22H,13,15H2,1H3,(H3,27,28,31)/t16-,22+/m0/s1. The maximum Gasteiger partial charge on any atom is 0.312 e. The first kappa shape index (κ1) is 21.7. The number of primary amides is 1. The molecule has 1 aliphatic heterocycles. The quantitative estimate of drug-likeness (QED) is 0.576. The summed E-state index contributed by atoms with van der Waals surface area (Å²) in [5, 5.41) is 3.10. The Balaban J connectivity index is 1.62. The van der Waals surface area contributed by atoms with Gasteiger partial charge in [-0.15, -0.1) is 0 Å². The predicted octanol–water partition coefficient (Wildman–Crippen LogP) is 4.61. The highest BCUT2D eigenvalue weighted by Crippen LogP contribution is 2.37. The third kappa shape index (κ3) is 4.70. The predicted molar refractivity (Wildman–Crippen MR) is 125 cm³/mol. The smallest absolute Gasteiger partial charge is 0.312 e. The Hall–Kier alpha value is -3.51. The normalized spacial score (nSPS) is 16.2. The van der Waals surface area contributed by atoms with E-state index in [2.05, 4.69) is 5.32 Å². The fourth-order valence-corrected chi connectivity index (χ4v) is 4.13. The molecule has 0 fully saturated rings. The second-order valence-corrected chi connectivity index (χ2v) is 8.21. The third-order valence-electron chi connectivity index (χ3n) is 5.56. The summed E-state index contributed by atoms with van der Waals surface area (Å²) in [5.41, 5.74) is 8.92. The van der Waals surface area contributed by atoms with Crippen molar-refractivity contribution >= 4 is 29.2 Å². The molecule has 7 heteroatoms. The molecule has 0 aromatic heterocycles. The first-order valence-electron chi connectivity index (χ1n) is 10.4. The molecule has 0 radical (unpaired) electrons. The highest BCUT2D eigenvalue weighted by atomic mass is 35.5. The van der Waals surface area contributed by atoms with Crippen LogP contribution in [0, 0.1) is 0 Å². The number of halogens is 1. The van der Waals surface area contributed by atoms with Crippen molar-refractivity contribution in [2.24, 2.45) is 5.73 Å². The van der Waals surface area contributed by atoms with Crippen LogP contribution in [0.4, 0.5) is 10.5 Å². The fourth-order valence-electron chi connectivity index (χ4n) is 3.97. The van der Waals surface area contributed by atoms with Gasteiger partial charge in [-0.1, -0.05) is 60.1 Å². The average Bonchev–Trinajstić information content (AvgIpc) is 2.79. The second-order valence-electron chi connectivity index (χ2n) is 7.77. The molecule has 6 nitrogen and oxygen atoms in total. The number of nitrogens with two attached hydrogens (primary N) is 1. The van der Waals surface area contributed by atoms with E-state index in [1.54, 1.807) is 17.0 Å². The van der Waals surface area contributed by atoms with Gasteiger partial charge >= 0.3 is 6.03 Å². The molecule has 2 atom stereocenters. The summed E-state index contributed by atoms with van der Waals surface area (Å²) in [6.45, 7) is 2.38. The SMILES string of the molecule is C[C@@H](c1cccc(OCc2ccccc2)c1)N1C(=O)[C@H](NC(N)=O)Cc2ccc(Cl)cc21. The number of amides is 3. The van der Waals surface area contributed by atoms with Crippen LogP contribution < -0.4 is 20.7 Å². The highest BCUT2D eigenvalue weighted by Gasteiger charge is 2.36. The monoisotopic (exact) mass is 449 g/mol. The number of ether oxygens (including phenoxy) is 1. The second kappa shape index (κ2) is 9.32. The molecule has 0 saturated heterocycles. The largest absolute Gasteiger partial charge is 0.489 e. The van der Waals surface area contributed by atoms with Crippen LogP contribution in [0.25, 0.3) is 0 Å². The molecular formula is C25H24ClN3O3. The molecule has 1 aliphatic rings. The topological polar surface area (TPSA) is 84.7 Å². The van der Waals surface area contributed by atoms with Gasteiger partial charge in [0, 0.05) is 17.1 Å². The van der Waals surface area contributed by atoms with Crippen LogP contribution in [-0.2, 0) is 17.8 Å². The number of nitrogens with zero attached hydrogens (tertiary/aromatic N) is 1. The van der Waals surface area contributed by atoms with E-state index in [4.69, 9.17) is 22.1 Å². The van der Waals surface area contributed by atoms with E-state index in [-0.39, 0.29) is 11.9 Å². The van der Waals surface area contributed by atoms with E-state index in [9.17, 15) is 9.59 Å². The lowest BCUT2D eigenvalue weighted by Crippen LogP contribution is -2.54. The Morgan fingerprint density at radius 1 is 1.16 bits per heavy atom. The highest BCUT2D eigenvalue weighted by molar-refractivity contribution is 6.31. The summed E-state index contributed by atoms with van der Waals surface area (Å²) in [6.07, 6.45) is 0.359. The minimum atomic E-state index is -0.735. The van der Waals surface area contributed by atoms with Crippen LogP contribution in [0.15, 0.2) is 72.8 Å². The maximum absolute atomic E-state index is 13.3. The molecule has 3 aromatic carbocycles. The van der Waals surface area contributed by atoms with Crippen LogP contribution in [0.3, 0.4) is 0 Å². The number of carbonyl (C=O) groups is 2. The van der Waals surface area contributed by atoms with Gasteiger partial charge in [-0.3, -0.25) is 4.79 Å². The van der Waals surface area contributed by atoms with Gasteiger partial charge in [0.15, 0.2) is 0 Å². The van der Waals surface area contributed by atoms with Crippen molar-refractivity contribution in [3.63, 3.8) is 0 Å². The number of nitrogens with one attached hydrogen (secondary N) is 1. The van der Waals surface area contributed by atoms with E-state index >= 15 is 0 Å². The van der Waals surface area contributed by atoms with Gasteiger partial charge in [-0.25, -0.2) is 4.79 Å². The van der Waals surface area contributed by atoms with Gasteiger partial charge in [-0.2, -0.15) is 0 Å². The molecule has 3 amide bonds. The van der Waals surface area contributed by atoms with Crippen molar-refractivity contribution in [1.29, 1.82) is 0 Å².